The zero-order valence-electron chi connectivity index (χ0n) is 10.1. The molecule has 1 aliphatic rings. The van der Waals surface area contributed by atoms with Crippen LogP contribution in [-0.4, -0.2) is 19.1 Å². The van der Waals surface area contributed by atoms with Crippen molar-refractivity contribution in [1.29, 1.82) is 0 Å². The largest absolute Gasteiger partial charge is 0.498 e. The highest BCUT2D eigenvalue weighted by atomic mass is 16.5. The highest BCUT2D eigenvalue weighted by molar-refractivity contribution is 5.98. The van der Waals surface area contributed by atoms with Crippen LogP contribution in [0.3, 0.4) is 0 Å². The number of carbonyl (C=O) groups excluding carboxylic acids is 1. The predicted octanol–water partition coefficient (Wildman–Crippen LogP) is 2.59. The second-order valence-corrected chi connectivity index (χ2v) is 4.07. The molecule has 1 aromatic carbocycles. The van der Waals surface area contributed by atoms with Gasteiger partial charge in [0.05, 0.1) is 12.5 Å². The van der Waals surface area contributed by atoms with Gasteiger partial charge in [-0.2, -0.15) is 0 Å². The van der Waals surface area contributed by atoms with Crippen molar-refractivity contribution in [3.63, 3.8) is 0 Å². The van der Waals surface area contributed by atoms with Gasteiger partial charge in [-0.1, -0.05) is 24.8 Å². The standard InChI is InChI=1S/C14H17NO2/c1-3-17-11(2)13-9-10-15(14(13)16)12-7-5-4-6-8-12/h4-8,13H,2-3,9-10H2,1H3. The molecule has 0 aromatic heterocycles. The summed E-state index contributed by atoms with van der Waals surface area (Å²) in [5, 5.41) is 0. The second-order valence-electron chi connectivity index (χ2n) is 4.07. The molecule has 17 heavy (non-hydrogen) atoms. The van der Waals surface area contributed by atoms with Gasteiger partial charge in [0.1, 0.15) is 5.76 Å². The molecule has 1 amide bonds. The first kappa shape index (κ1) is 11.7. The molecule has 1 saturated heterocycles. The molecule has 90 valence electrons. The van der Waals surface area contributed by atoms with E-state index in [0.717, 1.165) is 18.7 Å². The summed E-state index contributed by atoms with van der Waals surface area (Å²) in [6.07, 6.45) is 0.784. The maximum absolute atomic E-state index is 12.2. The second kappa shape index (κ2) is 5.04. The molecule has 1 atom stereocenters. The first-order valence-corrected chi connectivity index (χ1v) is 5.92. The van der Waals surface area contributed by atoms with Gasteiger partial charge in [-0.15, -0.1) is 0 Å². The first-order valence-electron chi connectivity index (χ1n) is 5.92. The molecule has 2 rings (SSSR count). The summed E-state index contributed by atoms with van der Waals surface area (Å²) >= 11 is 0. The minimum absolute atomic E-state index is 0.0923. The average Bonchev–Trinajstić information content (AvgIpc) is 2.72. The first-order chi connectivity index (χ1) is 8.24. The summed E-state index contributed by atoms with van der Waals surface area (Å²) in [5.41, 5.74) is 0.948. The van der Waals surface area contributed by atoms with E-state index in [2.05, 4.69) is 6.58 Å². The summed E-state index contributed by atoms with van der Waals surface area (Å²) < 4.78 is 5.34. The van der Waals surface area contributed by atoms with E-state index in [-0.39, 0.29) is 11.8 Å². The van der Waals surface area contributed by atoms with Crippen molar-refractivity contribution in [2.75, 3.05) is 18.1 Å². The zero-order valence-corrected chi connectivity index (χ0v) is 10.1. The van der Waals surface area contributed by atoms with Crippen LogP contribution in [0.15, 0.2) is 42.7 Å². The van der Waals surface area contributed by atoms with E-state index in [0.29, 0.717) is 12.4 Å². The molecule has 1 aliphatic heterocycles. The van der Waals surface area contributed by atoms with Crippen LogP contribution in [-0.2, 0) is 9.53 Å². The summed E-state index contributed by atoms with van der Waals surface area (Å²) in [5.74, 6) is 0.501. The van der Waals surface area contributed by atoms with Crippen molar-refractivity contribution in [3.8, 4) is 0 Å². The number of amides is 1. The number of para-hydroxylation sites is 1. The summed E-state index contributed by atoms with van der Waals surface area (Å²) in [6, 6.07) is 9.72. The number of nitrogens with zero attached hydrogens (tertiary/aromatic N) is 1. The lowest BCUT2D eigenvalue weighted by Gasteiger charge is -2.17. The van der Waals surface area contributed by atoms with Crippen molar-refractivity contribution < 1.29 is 9.53 Å². The summed E-state index contributed by atoms with van der Waals surface area (Å²) in [4.78, 5) is 14.0. The Kier molecular flexibility index (Phi) is 3.47. The Morgan fingerprint density at radius 2 is 2.18 bits per heavy atom. The van der Waals surface area contributed by atoms with Crippen molar-refractivity contribution in [2.45, 2.75) is 13.3 Å². The molecule has 3 nitrogen and oxygen atoms in total. The van der Waals surface area contributed by atoms with Crippen LogP contribution in [0.4, 0.5) is 5.69 Å². The van der Waals surface area contributed by atoms with Gasteiger partial charge in [0.2, 0.25) is 5.91 Å². The average molecular weight is 231 g/mol. The van der Waals surface area contributed by atoms with E-state index in [1.807, 2.05) is 37.3 Å². The van der Waals surface area contributed by atoms with Crippen molar-refractivity contribution in [3.05, 3.63) is 42.7 Å². The fourth-order valence-electron chi connectivity index (χ4n) is 2.13. The third-order valence-corrected chi connectivity index (χ3v) is 2.99. The van der Waals surface area contributed by atoms with Gasteiger partial charge in [0, 0.05) is 12.2 Å². The lowest BCUT2D eigenvalue weighted by atomic mass is 10.1. The van der Waals surface area contributed by atoms with Gasteiger partial charge in [-0.05, 0) is 25.5 Å². The molecule has 0 spiro atoms. The monoisotopic (exact) mass is 231 g/mol. The van der Waals surface area contributed by atoms with Crippen molar-refractivity contribution in [2.24, 2.45) is 5.92 Å². The molecule has 0 saturated carbocycles. The lowest BCUT2D eigenvalue weighted by molar-refractivity contribution is -0.120. The Bertz CT molecular complexity index is 413. The molecule has 1 unspecified atom stereocenters. The Balaban J connectivity index is 2.10. The molecule has 1 heterocycles. The van der Waals surface area contributed by atoms with Crippen LogP contribution >= 0.6 is 0 Å². The molecule has 0 bridgehead atoms. The van der Waals surface area contributed by atoms with Crippen LogP contribution in [0.5, 0.6) is 0 Å². The number of hydrogen-bond acceptors (Lipinski definition) is 2. The minimum Gasteiger partial charge on any atom is -0.498 e. The quantitative estimate of drug-likeness (QED) is 0.745. The number of ether oxygens (including phenoxy) is 1. The van der Waals surface area contributed by atoms with Crippen molar-refractivity contribution >= 4 is 11.6 Å². The number of rotatable bonds is 4. The van der Waals surface area contributed by atoms with E-state index in [4.69, 9.17) is 4.74 Å². The fraction of sp³-hybridized carbons (Fsp3) is 0.357. The van der Waals surface area contributed by atoms with Crippen molar-refractivity contribution in [1.82, 2.24) is 0 Å². The molecule has 1 fully saturated rings. The van der Waals surface area contributed by atoms with Crippen LogP contribution in [0, 0.1) is 5.92 Å². The zero-order chi connectivity index (χ0) is 12.3. The molecule has 0 N–H and O–H groups in total. The third kappa shape index (κ3) is 2.33. The molecule has 0 aliphatic carbocycles. The van der Waals surface area contributed by atoms with Gasteiger partial charge in [0.15, 0.2) is 0 Å². The molecule has 0 radical (unpaired) electrons. The molecule has 1 aromatic rings. The number of hydrogen-bond donors (Lipinski definition) is 0. The number of anilines is 1. The lowest BCUT2D eigenvalue weighted by Crippen LogP contribution is -2.27. The SMILES string of the molecule is C=C(OCC)C1CCN(c2ccccc2)C1=O. The number of benzene rings is 1. The van der Waals surface area contributed by atoms with E-state index in [9.17, 15) is 4.79 Å². The van der Waals surface area contributed by atoms with E-state index >= 15 is 0 Å². The third-order valence-electron chi connectivity index (χ3n) is 2.99. The van der Waals surface area contributed by atoms with Crippen LogP contribution in [0.25, 0.3) is 0 Å². The molecule has 3 heteroatoms. The minimum atomic E-state index is -0.185. The van der Waals surface area contributed by atoms with E-state index in [1.54, 1.807) is 4.90 Å². The Labute approximate surface area is 102 Å². The maximum atomic E-state index is 12.2. The van der Waals surface area contributed by atoms with Gasteiger partial charge >= 0.3 is 0 Å². The summed E-state index contributed by atoms with van der Waals surface area (Å²) in [6.45, 7) is 7.04. The van der Waals surface area contributed by atoms with Gasteiger partial charge in [-0.3, -0.25) is 4.79 Å². The normalized spacial score (nSPS) is 19.5. The Morgan fingerprint density at radius 1 is 1.47 bits per heavy atom. The van der Waals surface area contributed by atoms with Crippen LogP contribution < -0.4 is 4.90 Å². The Hall–Kier alpha value is -1.77. The van der Waals surface area contributed by atoms with E-state index < -0.39 is 0 Å². The van der Waals surface area contributed by atoms with E-state index in [1.165, 1.54) is 0 Å². The smallest absolute Gasteiger partial charge is 0.237 e. The Morgan fingerprint density at radius 3 is 2.82 bits per heavy atom. The number of carbonyl (C=O) groups is 1. The highest BCUT2D eigenvalue weighted by Crippen LogP contribution is 2.29. The van der Waals surface area contributed by atoms with Gasteiger partial charge in [-0.25, -0.2) is 0 Å². The van der Waals surface area contributed by atoms with Crippen LogP contribution in [0.1, 0.15) is 13.3 Å². The molecular weight excluding hydrogens is 214 g/mol. The topological polar surface area (TPSA) is 29.5 Å². The molecular formula is C14H17NO2. The fourth-order valence-corrected chi connectivity index (χ4v) is 2.13. The highest BCUT2D eigenvalue weighted by Gasteiger charge is 2.35. The van der Waals surface area contributed by atoms with Gasteiger partial charge < -0.3 is 9.64 Å². The van der Waals surface area contributed by atoms with Gasteiger partial charge in [0.25, 0.3) is 0 Å². The predicted molar refractivity (Wildman–Crippen MR) is 67.7 cm³/mol. The van der Waals surface area contributed by atoms with Crippen LogP contribution in [0.2, 0.25) is 0 Å². The summed E-state index contributed by atoms with van der Waals surface area (Å²) in [7, 11) is 0. The maximum Gasteiger partial charge on any atom is 0.237 e.